The first-order valence-corrected chi connectivity index (χ1v) is 6.56. The molecule has 1 N–H and O–H groups in total. The maximum atomic E-state index is 3.60. The van der Waals surface area contributed by atoms with Gasteiger partial charge in [-0.05, 0) is 40.8 Å². The Bertz CT molecular complexity index is 544. The van der Waals surface area contributed by atoms with E-state index in [1.807, 2.05) is 0 Å². The molecule has 3 rings (SSSR count). The van der Waals surface area contributed by atoms with Crippen LogP contribution in [0.25, 0.3) is 10.8 Å². The van der Waals surface area contributed by atoms with E-state index in [9.17, 15) is 0 Å². The molecule has 0 amide bonds. The number of benzene rings is 2. The lowest BCUT2D eigenvalue weighted by atomic mass is 9.96. The fourth-order valence-electron chi connectivity index (χ4n) is 3.20. The zero-order valence-electron chi connectivity index (χ0n) is 10.5. The van der Waals surface area contributed by atoms with Gasteiger partial charge in [0.25, 0.3) is 0 Å². The van der Waals surface area contributed by atoms with Crippen molar-refractivity contribution in [2.45, 2.75) is 32.2 Å². The molecular weight excluding hydrogens is 206 g/mol. The van der Waals surface area contributed by atoms with Gasteiger partial charge < -0.3 is 5.32 Å². The molecular formula is C16H19N. The maximum absolute atomic E-state index is 3.60. The van der Waals surface area contributed by atoms with E-state index in [2.05, 4.69) is 55.6 Å². The molecule has 0 saturated carbocycles. The summed E-state index contributed by atoms with van der Waals surface area (Å²) < 4.78 is 0. The Balaban J connectivity index is 2.20. The van der Waals surface area contributed by atoms with E-state index in [1.54, 1.807) is 5.56 Å². The molecule has 0 bridgehead atoms. The average molecular weight is 225 g/mol. The molecule has 2 aromatic carbocycles. The first kappa shape index (κ1) is 10.8. The molecule has 0 radical (unpaired) electrons. The van der Waals surface area contributed by atoms with Gasteiger partial charge in [-0.15, -0.1) is 0 Å². The fraction of sp³-hybridized carbons (Fsp3) is 0.375. The van der Waals surface area contributed by atoms with Crippen LogP contribution in [-0.4, -0.2) is 6.54 Å². The van der Waals surface area contributed by atoms with Crippen LogP contribution in [0.1, 0.15) is 43.4 Å². The molecule has 1 aliphatic rings. The first-order chi connectivity index (χ1) is 8.31. The number of hydrogen-bond donors (Lipinski definition) is 1. The average Bonchev–Trinajstić information content (AvgIpc) is 2.67. The Morgan fingerprint density at radius 2 is 2.00 bits per heavy atom. The van der Waals surface area contributed by atoms with Gasteiger partial charge in [-0.25, -0.2) is 0 Å². The molecule has 88 valence electrons. The minimum atomic E-state index is 0.551. The van der Waals surface area contributed by atoms with Gasteiger partial charge in [0.2, 0.25) is 0 Å². The molecule has 0 aromatic heterocycles. The Morgan fingerprint density at radius 1 is 1.18 bits per heavy atom. The highest BCUT2D eigenvalue weighted by Crippen LogP contribution is 2.43. The van der Waals surface area contributed by atoms with Crippen molar-refractivity contribution in [3.05, 3.63) is 47.5 Å². The predicted octanol–water partition coefficient (Wildman–Crippen LogP) is 4.00. The van der Waals surface area contributed by atoms with Crippen LogP contribution in [0.4, 0.5) is 0 Å². The molecule has 0 heterocycles. The largest absolute Gasteiger partial charge is 0.310 e. The highest BCUT2D eigenvalue weighted by molar-refractivity contribution is 5.88. The third-order valence-electron chi connectivity index (χ3n) is 3.91. The monoisotopic (exact) mass is 225 g/mol. The summed E-state index contributed by atoms with van der Waals surface area (Å²) in [5, 5.41) is 6.41. The van der Waals surface area contributed by atoms with E-state index in [0.29, 0.717) is 12.0 Å². The summed E-state index contributed by atoms with van der Waals surface area (Å²) in [6.07, 6.45) is 1.23. The van der Waals surface area contributed by atoms with E-state index >= 15 is 0 Å². The van der Waals surface area contributed by atoms with E-state index in [0.717, 1.165) is 6.54 Å². The van der Waals surface area contributed by atoms with Crippen LogP contribution < -0.4 is 5.32 Å². The van der Waals surface area contributed by atoms with Gasteiger partial charge in [-0.1, -0.05) is 50.2 Å². The Kier molecular flexibility index (Phi) is 2.64. The van der Waals surface area contributed by atoms with Crippen LogP contribution in [0.5, 0.6) is 0 Å². The summed E-state index contributed by atoms with van der Waals surface area (Å²) in [6.45, 7) is 5.58. The predicted molar refractivity (Wildman–Crippen MR) is 73.4 cm³/mol. The second-order valence-corrected chi connectivity index (χ2v) is 5.04. The fourth-order valence-corrected chi connectivity index (χ4v) is 3.20. The van der Waals surface area contributed by atoms with Crippen molar-refractivity contribution in [2.75, 3.05) is 6.54 Å². The molecule has 2 atom stereocenters. The number of rotatable bonds is 2. The summed E-state index contributed by atoms with van der Waals surface area (Å²) in [5.41, 5.74) is 3.08. The van der Waals surface area contributed by atoms with Gasteiger partial charge in [0, 0.05) is 6.04 Å². The highest BCUT2D eigenvalue weighted by Gasteiger charge is 2.28. The van der Waals surface area contributed by atoms with Crippen LogP contribution in [0.2, 0.25) is 0 Å². The molecule has 17 heavy (non-hydrogen) atoms. The molecule has 0 spiro atoms. The molecule has 0 aliphatic heterocycles. The smallest absolute Gasteiger partial charge is 0.0328 e. The lowest BCUT2D eigenvalue weighted by Gasteiger charge is -2.12. The summed E-state index contributed by atoms with van der Waals surface area (Å²) in [7, 11) is 0. The summed E-state index contributed by atoms with van der Waals surface area (Å²) in [6, 6.07) is 13.9. The van der Waals surface area contributed by atoms with E-state index in [-0.39, 0.29) is 0 Å². The zero-order chi connectivity index (χ0) is 11.8. The van der Waals surface area contributed by atoms with Crippen molar-refractivity contribution in [2.24, 2.45) is 0 Å². The van der Waals surface area contributed by atoms with Gasteiger partial charge in [-0.3, -0.25) is 0 Å². The summed E-state index contributed by atoms with van der Waals surface area (Å²) in [5.74, 6) is 0.667. The lowest BCUT2D eigenvalue weighted by molar-refractivity contribution is 0.521. The van der Waals surface area contributed by atoms with Crippen LogP contribution in [0, 0.1) is 0 Å². The van der Waals surface area contributed by atoms with E-state index in [4.69, 9.17) is 0 Å². The number of fused-ring (bicyclic) bond motifs is 3. The van der Waals surface area contributed by atoms with Crippen molar-refractivity contribution >= 4 is 10.8 Å². The molecule has 1 aliphatic carbocycles. The minimum absolute atomic E-state index is 0.551. The van der Waals surface area contributed by atoms with Gasteiger partial charge in [-0.2, -0.15) is 0 Å². The molecule has 1 heteroatoms. The SMILES string of the molecule is CCNC1CC(C)c2c1ccc1ccccc21. The van der Waals surface area contributed by atoms with Crippen molar-refractivity contribution in [1.82, 2.24) is 5.32 Å². The van der Waals surface area contributed by atoms with E-state index < -0.39 is 0 Å². The maximum Gasteiger partial charge on any atom is 0.0328 e. The van der Waals surface area contributed by atoms with Gasteiger partial charge in [0.05, 0.1) is 0 Å². The highest BCUT2D eigenvalue weighted by atomic mass is 14.9. The Labute approximate surface area is 103 Å². The summed E-state index contributed by atoms with van der Waals surface area (Å²) in [4.78, 5) is 0. The second kappa shape index (κ2) is 4.15. The van der Waals surface area contributed by atoms with Gasteiger partial charge in [0.1, 0.15) is 0 Å². The van der Waals surface area contributed by atoms with E-state index in [1.165, 1.54) is 22.8 Å². The molecule has 0 saturated heterocycles. The third kappa shape index (κ3) is 1.66. The van der Waals surface area contributed by atoms with Crippen molar-refractivity contribution in [3.8, 4) is 0 Å². The standard InChI is InChI=1S/C16H19N/c1-3-17-15-10-11(2)16-13-7-5-4-6-12(13)8-9-14(15)16/h4-9,11,15,17H,3,10H2,1-2H3. The van der Waals surface area contributed by atoms with Crippen molar-refractivity contribution in [1.29, 1.82) is 0 Å². The Morgan fingerprint density at radius 3 is 2.82 bits per heavy atom. The third-order valence-corrected chi connectivity index (χ3v) is 3.91. The lowest BCUT2D eigenvalue weighted by Crippen LogP contribution is -2.18. The van der Waals surface area contributed by atoms with Gasteiger partial charge in [0.15, 0.2) is 0 Å². The topological polar surface area (TPSA) is 12.0 Å². The second-order valence-electron chi connectivity index (χ2n) is 5.04. The van der Waals surface area contributed by atoms with Crippen LogP contribution in [0.3, 0.4) is 0 Å². The molecule has 1 nitrogen and oxygen atoms in total. The quantitative estimate of drug-likeness (QED) is 0.814. The van der Waals surface area contributed by atoms with Crippen LogP contribution in [0.15, 0.2) is 36.4 Å². The first-order valence-electron chi connectivity index (χ1n) is 6.56. The molecule has 2 aromatic rings. The number of hydrogen-bond acceptors (Lipinski definition) is 1. The van der Waals surface area contributed by atoms with Crippen LogP contribution in [-0.2, 0) is 0 Å². The minimum Gasteiger partial charge on any atom is -0.310 e. The van der Waals surface area contributed by atoms with Crippen molar-refractivity contribution in [3.63, 3.8) is 0 Å². The van der Waals surface area contributed by atoms with Crippen molar-refractivity contribution < 1.29 is 0 Å². The zero-order valence-corrected chi connectivity index (χ0v) is 10.5. The summed E-state index contributed by atoms with van der Waals surface area (Å²) >= 11 is 0. The molecule has 2 unspecified atom stereocenters. The normalized spacial score (nSPS) is 22.9. The van der Waals surface area contributed by atoms with Gasteiger partial charge >= 0.3 is 0 Å². The Hall–Kier alpha value is -1.34. The van der Waals surface area contributed by atoms with Crippen LogP contribution >= 0.6 is 0 Å². The molecule has 0 fully saturated rings. The number of nitrogens with one attached hydrogen (secondary N) is 1.